The molecule has 0 amide bonds. The van der Waals surface area contributed by atoms with Crippen molar-refractivity contribution in [2.75, 3.05) is 13.2 Å². The van der Waals surface area contributed by atoms with Crippen LogP contribution in [0.25, 0.3) is 11.3 Å². The van der Waals surface area contributed by atoms with Crippen LogP contribution in [0.1, 0.15) is 26.7 Å². The number of benzene rings is 1. The van der Waals surface area contributed by atoms with Gasteiger partial charge in [0.2, 0.25) is 0 Å². The number of H-pyrrole nitrogens is 1. The first-order chi connectivity index (χ1) is 10.2. The summed E-state index contributed by atoms with van der Waals surface area (Å²) >= 11 is 0. The first kappa shape index (κ1) is 15.1. The third-order valence-electron chi connectivity index (χ3n) is 2.84. The molecular formula is C16H20N2O3. The summed E-state index contributed by atoms with van der Waals surface area (Å²) in [5.74, 6) is 1.44. The van der Waals surface area contributed by atoms with Crippen molar-refractivity contribution in [2.45, 2.75) is 26.7 Å². The van der Waals surface area contributed by atoms with E-state index >= 15 is 0 Å². The Balaban J connectivity index is 2.30. The van der Waals surface area contributed by atoms with Crippen LogP contribution < -0.4 is 15.0 Å². The Morgan fingerprint density at radius 1 is 1.00 bits per heavy atom. The highest BCUT2D eigenvalue weighted by Gasteiger charge is 2.09. The lowest BCUT2D eigenvalue weighted by Crippen LogP contribution is -2.06. The zero-order valence-corrected chi connectivity index (χ0v) is 12.4. The smallest absolute Gasteiger partial charge is 0.264 e. The van der Waals surface area contributed by atoms with Crippen molar-refractivity contribution in [3.8, 4) is 22.8 Å². The fraction of sp³-hybridized carbons (Fsp3) is 0.375. The number of ether oxygens (including phenoxy) is 2. The Morgan fingerprint density at radius 3 is 2.33 bits per heavy atom. The second kappa shape index (κ2) is 7.47. The van der Waals surface area contributed by atoms with Crippen LogP contribution in [-0.4, -0.2) is 23.4 Å². The third-order valence-corrected chi connectivity index (χ3v) is 2.84. The van der Waals surface area contributed by atoms with Crippen LogP contribution in [0.5, 0.6) is 11.5 Å². The van der Waals surface area contributed by atoms with E-state index in [4.69, 9.17) is 9.47 Å². The molecule has 1 N–H and O–H groups in total. The second-order valence-corrected chi connectivity index (χ2v) is 4.66. The Bertz CT molecular complexity index is 617. The fourth-order valence-electron chi connectivity index (χ4n) is 1.83. The molecule has 0 atom stereocenters. The molecule has 0 fully saturated rings. The molecule has 5 heteroatoms. The topological polar surface area (TPSA) is 64.2 Å². The molecule has 0 bridgehead atoms. The number of nitrogens with one attached hydrogen (secondary N) is 1. The van der Waals surface area contributed by atoms with Crippen molar-refractivity contribution < 1.29 is 9.47 Å². The number of hydrogen-bond donors (Lipinski definition) is 1. The van der Waals surface area contributed by atoms with Gasteiger partial charge in [-0.2, -0.15) is 5.10 Å². The molecule has 1 heterocycles. The van der Waals surface area contributed by atoms with E-state index < -0.39 is 0 Å². The maximum atomic E-state index is 11.1. The quantitative estimate of drug-likeness (QED) is 0.850. The summed E-state index contributed by atoms with van der Waals surface area (Å²) in [6, 6.07) is 8.81. The summed E-state index contributed by atoms with van der Waals surface area (Å²) < 4.78 is 11.4. The maximum absolute atomic E-state index is 11.1. The number of aromatic amines is 1. The molecule has 0 saturated carbocycles. The van der Waals surface area contributed by atoms with E-state index in [1.807, 2.05) is 18.2 Å². The molecule has 0 radical (unpaired) electrons. The molecule has 1 aromatic carbocycles. The molecule has 2 aromatic rings. The molecule has 0 spiro atoms. The molecule has 0 aliphatic rings. The highest BCUT2D eigenvalue weighted by molar-refractivity contribution is 5.63. The minimum atomic E-state index is -0.218. The van der Waals surface area contributed by atoms with Gasteiger partial charge in [0.15, 0.2) is 11.5 Å². The van der Waals surface area contributed by atoms with Gasteiger partial charge in [-0.05, 0) is 37.1 Å². The van der Waals surface area contributed by atoms with Crippen LogP contribution in [-0.2, 0) is 0 Å². The lowest BCUT2D eigenvalue weighted by atomic mass is 10.1. The highest BCUT2D eigenvalue weighted by Crippen LogP contribution is 2.32. The summed E-state index contributed by atoms with van der Waals surface area (Å²) in [5.41, 5.74) is 1.35. The second-order valence-electron chi connectivity index (χ2n) is 4.66. The largest absolute Gasteiger partial charge is 0.490 e. The lowest BCUT2D eigenvalue weighted by molar-refractivity contribution is 0.268. The van der Waals surface area contributed by atoms with Crippen LogP contribution in [0.3, 0.4) is 0 Å². The molecule has 0 unspecified atom stereocenters. The van der Waals surface area contributed by atoms with Gasteiger partial charge in [-0.3, -0.25) is 4.79 Å². The Hall–Kier alpha value is -2.30. The Morgan fingerprint density at radius 2 is 1.71 bits per heavy atom. The summed E-state index contributed by atoms with van der Waals surface area (Å²) in [6.07, 6.45) is 1.87. The van der Waals surface area contributed by atoms with E-state index in [0.29, 0.717) is 24.7 Å². The SMILES string of the molecule is CCCOc1ccc(-c2ccc(=O)[nH]n2)cc1OCCC. The van der Waals surface area contributed by atoms with Crippen molar-refractivity contribution in [2.24, 2.45) is 0 Å². The molecule has 0 aliphatic carbocycles. The molecule has 21 heavy (non-hydrogen) atoms. The molecule has 0 saturated heterocycles. The van der Waals surface area contributed by atoms with Gasteiger partial charge >= 0.3 is 0 Å². The van der Waals surface area contributed by atoms with Crippen LogP contribution >= 0.6 is 0 Å². The average Bonchev–Trinajstić information content (AvgIpc) is 2.52. The van der Waals surface area contributed by atoms with Crippen molar-refractivity contribution in [3.05, 3.63) is 40.7 Å². The van der Waals surface area contributed by atoms with Gasteiger partial charge < -0.3 is 9.47 Å². The first-order valence-corrected chi connectivity index (χ1v) is 7.20. The van der Waals surface area contributed by atoms with E-state index in [2.05, 4.69) is 24.0 Å². The van der Waals surface area contributed by atoms with E-state index in [-0.39, 0.29) is 5.56 Å². The fourth-order valence-corrected chi connectivity index (χ4v) is 1.83. The molecule has 2 rings (SSSR count). The number of aromatic nitrogens is 2. The van der Waals surface area contributed by atoms with Crippen molar-refractivity contribution in [1.29, 1.82) is 0 Å². The summed E-state index contributed by atoms with van der Waals surface area (Å²) in [5, 5.41) is 6.46. The van der Waals surface area contributed by atoms with Crippen molar-refractivity contribution >= 4 is 0 Å². The van der Waals surface area contributed by atoms with E-state index in [1.54, 1.807) is 6.07 Å². The Kier molecular flexibility index (Phi) is 5.37. The minimum Gasteiger partial charge on any atom is -0.490 e. The summed E-state index contributed by atoms with van der Waals surface area (Å²) in [7, 11) is 0. The summed E-state index contributed by atoms with van der Waals surface area (Å²) in [4.78, 5) is 11.1. The standard InChI is InChI=1S/C16H20N2O3/c1-3-9-20-14-7-5-12(11-15(14)21-10-4-2)13-6-8-16(19)18-17-13/h5-8,11H,3-4,9-10H2,1-2H3,(H,18,19). The van der Waals surface area contributed by atoms with Gasteiger partial charge in [-0.15, -0.1) is 0 Å². The number of nitrogens with zero attached hydrogens (tertiary/aromatic N) is 1. The summed E-state index contributed by atoms with van der Waals surface area (Å²) in [6.45, 7) is 5.40. The molecule has 1 aromatic heterocycles. The van der Waals surface area contributed by atoms with Crippen molar-refractivity contribution in [3.63, 3.8) is 0 Å². The van der Waals surface area contributed by atoms with Gasteiger partial charge in [0.05, 0.1) is 18.9 Å². The normalized spacial score (nSPS) is 10.4. The molecule has 0 aliphatic heterocycles. The monoisotopic (exact) mass is 288 g/mol. The number of hydrogen-bond acceptors (Lipinski definition) is 4. The first-order valence-electron chi connectivity index (χ1n) is 7.20. The van der Waals surface area contributed by atoms with Crippen molar-refractivity contribution in [1.82, 2.24) is 10.2 Å². The van der Waals surface area contributed by atoms with Crippen LogP contribution in [0, 0.1) is 0 Å². The predicted molar refractivity (Wildman–Crippen MR) is 81.9 cm³/mol. The molecule has 5 nitrogen and oxygen atoms in total. The third kappa shape index (κ3) is 4.08. The molecular weight excluding hydrogens is 268 g/mol. The average molecular weight is 288 g/mol. The van der Waals surface area contributed by atoms with E-state index in [1.165, 1.54) is 6.07 Å². The van der Waals surface area contributed by atoms with Crippen LogP contribution in [0.2, 0.25) is 0 Å². The zero-order valence-electron chi connectivity index (χ0n) is 12.4. The van der Waals surface area contributed by atoms with Crippen LogP contribution in [0.4, 0.5) is 0 Å². The lowest BCUT2D eigenvalue weighted by Gasteiger charge is -2.13. The Labute approximate surface area is 123 Å². The van der Waals surface area contributed by atoms with E-state index in [9.17, 15) is 4.79 Å². The van der Waals surface area contributed by atoms with Gasteiger partial charge in [0, 0.05) is 11.6 Å². The zero-order chi connectivity index (χ0) is 15.1. The number of rotatable bonds is 7. The highest BCUT2D eigenvalue weighted by atomic mass is 16.5. The van der Waals surface area contributed by atoms with Gasteiger partial charge in [0.25, 0.3) is 5.56 Å². The van der Waals surface area contributed by atoms with Crippen LogP contribution in [0.15, 0.2) is 35.1 Å². The predicted octanol–water partition coefficient (Wildman–Crippen LogP) is 3.01. The van der Waals surface area contributed by atoms with Gasteiger partial charge in [0.1, 0.15) is 0 Å². The van der Waals surface area contributed by atoms with Gasteiger partial charge in [-0.1, -0.05) is 13.8 Å². The van der Waals surface area contributed by atoms with Gasteiger partial charge in [-0.25, -0.2) is 5.10 Å². The maximum Gasteiger partial charge on any atom is 0.264 e. The van der Waals surface area contributed by atoms with E-state index in [0.717, 1.165) is 24.2 Å². The molecule has 112 valence electrons. The minimum absolute atomic E-state index is 0.218.